The van der Waals surface area contributed by atoms with E-state index in [9.17, 15) is 9.90 Å². The van der Waals surface area contributed by atoms with Crippen molar-refractivity contribution in [3.63, 3.8) is 0 Å². The first-order valence-corrected chi connectivity index (χ1v) is 7.57. The van der Waals surface area contributed by atoms with Gasteiger partial charge in [-0.05, 0) is 48.7 Å². The van der Waals surface area contributed by atoms with Crippen LogP contribution in [-0.4, -0.2) is 11.0 Å². The van der Waals surface area contributed by atoms with Crippen molar-refractivity contribution in [3.05, 3.63) is 63.6 Å². The van der Waals surface area contributed by atoms with Crippen molar-refractivity contribution in [1.82, 2.24) is 0 Å². The molecule has 4 heteroatoms. The molecular formula is C17H18BrNO2. The molecule has 2 aromatic rings. The second kappa shape index (κ2) is 6.87. The first-order chi connectivity index (χ1) is 10.0. The molecule has 1 amide bonds. The van der Waals surface area contributed by atoms with E-state index in [0.717, 1.165) is 26.9 Å². The van der Waals surface area contributed by atoms with Gasteiger partial charge in [0.25, 0.3) is 0 Å². The maximum absolute atomic E-state index is 12.4. The number of amides is 1. The lowest BCUT2D eigenvalue weighted by Gasteiger charge is -2.15. The fourth-order valence-corrected chi connectivity index (χ4v) is 2.31. The zero-order valence-corrected chi connectivity index (χ0v) is 13.6. The fourth-order valence-electron chi connectivity index (χ4n) is 2.05. The van der Waals surface area contributed by atoms with Gasteiger partial charge < -0.3 is 10.4 Å². The van der Waals surface area contributed by atoms with Gasteiger partial charge in [0, 0.05) is 10.2 Å². The number of carbonyl (C=O) groups excluding carboxylic acids is 1. The van der Waals surface area contributed by atoms with Crippen LogP contribution in [0.1, 0.15) is 29.5 Å². The number of halogens is 1. The highest BCUT2D eigenvalue weighted by Gasteiger charge is 2.16. The maximum Gasteiger partial charge on any atom is 0.231 e. The summed E-state index contributed by atoms with van der Waals surface area (Å²) < 4.78 is 0.991. The lowest BCUT2D eigenvalue weighted by molar-refractivity contribution is -0.117. The van der Waals surface area contributed by atoms with Gasteiger partial charge in [0.05, 0.1) is 12.5 Å². The van der Waals surface area contributed by atoms with Crippen molar-refractivity contribution in [2.24, 2.45) is 0 Å². The molecule has 21 heavy (non-hydrogen) atoms. The second-order valence-electron chi connectivity index (χ2n) is 5.07. The Labute approximate surface area is 133 Å². The number of hydrogen-bond donors (Lipinski definition) is 2. The minimum Gasteiger partial charge on any atom is -0.392 e. The van der Waals surface area contributed by atoms with Crippen LogP contribution in [0.5, 0.6) is 0 Å². The Bertz CT molecular complexity index is 638. The Balaban J connectivity index is 2.15. The summed E-state index contributed by atoms with van der Waals surface area (Å²) in [4.78, 5) is 12.4. The predicted octanol–water partition coefficient (Wildman–Crippen LogP) is 3.99. The molecule has 0 radical (unpaired) electrons. The van der Waals surface area contributed by atoms with Crippen LogP contribution in [0.25, 0.3) is 0 Å². The van der Waals surface area contributed by atoms with Crippen LogP contribution in [0.4, 0.5) is 5.69 Å². The third-order valence-corrected chi connectivity index (χ3v) is 4.03. The monoisotopic (exact) mass is 347 g/mol. The Morgan fingerprint density at radius 2 is 1.90 bits per heavy atom. The summed E-state index contributed by atoms with van der Waals surface area (Å²) in [6.45, 7) is 3.77. The van der Waals surface area contributed by atoms with Crippen LogP contribution in [0.3, 0.4) is 0 Å². The lowest BCUT2D eigenvalue weighted by Crippen LogP contribution is -2.19. The van der Waals surface area contributed by atoms with E-state index in [-0.39, 0.29) is 18.4 Å². The van der Waals surface area contributed by atoms with Crippen molar-refractivity contribution < 1.29 is 9.90 Å². The first kappa shape index (κ1) is 15.7. The average molecular weight is 348 g/mol. The highest BCUT2D eigenvalue weighted by Crippen LogP contribution is 2.22. The zero-order chi connectivity index (χ0) is 15.4. The molecule has 0 saturated carbocycles. The Morgan fingerprint density at radius 3 is 2.52 bits per heavy atom. The SMILES string of the molecule is Cc1ccc(CO)cc1NC(=O)C(C)c1ccc(Br)cc1. The quantitative estimate of drug-likeness (QED) is 0.878. The number of aliphatic hydroxyl groups excluding tert-OH is 1. The van der Waals surface area contributed by atoms with Crippen LogP contribution in [0, 0.1) is 6.92 Å². The second-order valence-corrected chi connectivity index (χ2v) is 5.99. The van der Waals surface area contributed by atoms with E-state index in [4.69, 9.17) is 0 Å². The molecule has 0 fully saturated rings. The van der Waals surface area contributed by atoms with Gasteiger partial charge in [-0.25, -0.2) is 0 Å². The third-order valence-electron chi connectivity index (χ3n) is 3.51. The summed E-state index contributed by atoms with van der Waals surface area (Å²) in [5.74, 6) is -0.300. The van der Waals surface area contributed by atoms with Gasteiger partial charge in [0.2, 0.25) is 5.91 Å². The van der Waals surface area contributed by atoms with Gasteiger partial charge >= 0.3 is 0 Å². The highest BCUT2D eigenvalue weighted by molar-refractivity contribution is 9.10. The summed E-state index contributed by atoms with van der Waals surface area (Å²) in [6.07, 6.45) is 0. The summed E-state index contributed by atoms with van der Waals surface area (Å²) in [7, 11) is 0. The van der Waals surface area contributed by atoms with Gasteiger partial charge in [-0.2, -0.15) is 0 Å². The van der Waals surface area contributed by atoms with Crippen LogP contribution in [-0.2, 0) is 11.4 Å². The van der Waals surface area contributed by atoms with Gasteiger partial charge in [-0.15, -0.1) is 0 Å². The standard InChI is InChI=1S/C17H18BrNO2/c1-11-3-4-13(10-20)9-16(11)19-17(21)12(2)14-5-7-15(18)8-6-14/h3-9,12,20H,10H2,1-2H3,(H,19,21). The molecule has 2 aromatic carbocycles. The van der Waals surface area contributed by atoms with Crippen LogP contribution in [0.2, 0.25) is 0 Å². The van der Waals surface area contributed by atoms with Crippen molar-refractivity contribution in [1.29, 1.82) is 0 Å². The van der Waals surface area contributed by atoms with Crippen LogP contribution >= 0.6 is 15.9 Å². The maximum atomic E-state index is 12.4. The number of rotatable bonds is 4. The average Bonchev–Trinajstić information content (AvgIpc) is 2.49. The third kappa shape index (κ3) is 3.93. The number of hydrogen-bond acceptors (Lipinski definition) is 2. The summed E-state index contributed by atoms with van der Waals surface area (Å²) in [5, 5.41) is 12.1. The number of carbonyl (C=O) groups is 1. The Hall–Kier alpha value is -1.65. The van der Waals surface area contributed by atoms with E-state index < -0.39 is 0 Å². The number of aryl methyl sites for hydroxylation is 1. The van der Waals surface area contributed by atoms with Crippen LogP contribution in [0.15, 0.2) is 46.9 Å². The number of benzene rings is 2. The first-order valence-electron chi connectivity index (χ1n) is 6.78. The minimum atomic E-state index is -0.240. The van der Waals surface area contributed by atoms with Crippen molar-refractivity contribution in [2.45, 2.75) is 26.4 Å². The summed E-state index contributed by atoms with van der Waals surface area (Å²) in [5.41, 5.74) is 3.47. The molecular weight excluding hydrogens is 330 g/mol. The van der Waals surface area contributed by atoms with E-state index in [1.165, 1.54) is 0 Å². The molecule has 0 saturated heterocycles. The van der Waals surface area contributed by atoms with E-state index in [2.05, 4.69) is 21.2 Å². The molecule has 3 nitrogen and oxygen atoms in total. The number of aliphatic hydroxyl groups is 1. The molecule has 0 aromatic heterocycles. The molecule has 0 bridgehead atoms. The summed E-state index contributed by atoms with van der Waals surface area (Å²) >= 11 is 3.39. The van der Waals surface area contributed by atoms with Crippen molar-refractivity contribution in [3.8, 4) is 0 Å². The fraction of sp³-hybridized carbons (Fsp3) is 0.235. The number of nitrogens with one attached hydrogen (secondary N) is 1. The molecule has 1 unspecified atom stereocenters. The molecule has 2 rings (SSSR count). The van der Waals surface area contributed by atoms with Crippen molar-refractivity contribution in [2.75, 3.05) is 5.32 Å². The van der Waals surface area contributed by atoms with E-state index in [1.54, 1.807) is 0 Å². The predicted molar refractivity (Wildman–Crippen MR) is 88.3 cm³/mol. The zero-order valence-electron chi connectivity index (χ0n) is 12.1. The molecule has 0 aliphatic heterocycles. The van der Waals surface area contributed by atoms with Crippen LogP contribution < -0.4 is 5.32 Å². The minimum absolute atomic E-state index is 0.0363. The molecule has 0 spiro atoms. The van der Waals surface area contributed by atoms with E-state index in [1.807, 2.05) is 56.3 Å². The molecule has 0 aliphatic carbocycles. The van der Waals surface area contributed by atoms with Gasteiger partial charge in [0.1, 0.15) is 0 Å². The van der Waals surface area contributed by atoms with Crippen molar-refractivity contribution >= 4 is 27.5 Å². The van der Waals surface area contributed by atoms with E-state index in [0.29, 0.717) is 0 Å². The molecule has 110 valence electrons. The van der Waals surface area contributed by atoms with Gasteiger partial charge in [0.15, 0.2) is 0 Å². The summed E-state index contributed by atoms with van der Waals surface area (Å²) in [6, 6.07) is 13.3. The Kier molecular flexibility index (Phi) is 5.15. The topological polar surface area (TPSA) is 49.3 Å². The van der Waals surface area contributed by atoms with Gasteiger partial charge in [-0.1, -0.05) is 40.2 Å². The molecule has 0 heterocycles. The number of anilines is 1. The lowest BCUT2D eigenvalue weighted by atomic mass is 10.00. The molecule has 0 aliphatic rings. The van der Waals surface area contributed by atoms with E-state index >= 15 is 0 Å². The molecule has 1 atom stereocenters. The normalized spacial score (nSPS) is 12.0. The largest absolute Gasteiger partial charge is 0.392 e. The highest BCUT2D eigenvalue weighted by atomic mass is 79.9. The van der Waals surface area contributed by atoms with Gasteiger partial charge in [-0.3, -0.25) is 4.79 Å². The smallest absolute Gasteiger partial charge is 0.231 e. The molecule has 2 N–H and O–H groups in total. The Morgan fingerprint density at radius 1 is 1.24 bits per heavy atom.